The van der Waals surface area contributed by atoms with Crippen LogP contribution in [0.4, 0.5) is 0 Å². The van der Waals surface area contributed by atoms with Crippen LogP contribution in [0.15, 0.2) is 152 Å². The fourth-order valence-electron chi connectivity index (χ4n) is 8.99. The summed E-state index contributed by atoms with van der Waals surface area (Å²) in [6.07, 6.45) is 10.5. The van der Waals surface area contributed by atoms with Gasteiger partial charge in [-0.15, -0.1) is 0 Å². The Balaban J connectivity index is 1.14. The van der Waals surface area contributed by atoms with Gasteiger partial charge >= 0.3 is 0 Å². The molecule has 0 nitrogen and oxygen atoms in total. The van der Waals surface area contributed by atoms with Crippen LogP contribution in [0.5, 0.6) is 0 Å². The van der Waals surface area contributed by atoms with Gasteiger partial charge in [0.25, 0.3) is 0 Å². The third-order valence-electron chi connectivity index (χ3n) is 11.4. The fraction of sp³-hybridized carbons (Fsp3) is 0.102. The van der Waals surface area contributed by atoms with Gasteiger partial charge in [-0.2, -0.15) is 0 Å². The maximum absolute atomic E-state index is 4.33. The van der Waals surface area contributed by atoms with Crippen molar-refractivity contribution in [3.63, 3.8) is 0 Å². The molecule has 0 spiro atoms. The zero-order valence-corrected chi connectivity index (χ0v) is 28.6. The van der Waals surface area contributed by atoms with Gasteiger partial charge in [-0.05, 0) is 137 Å². The average molecular weight is 627 g/mol. The molecule has 0 heterocycles. The molecule has 0 fully saturated rings. The zero-order chi connectivity index (χ0) is 33.6. The van der Waals surface area contributed by atoms with Crippen molar-refractivity contribution in [3.8, 4) is 33.4 Å². The minimum Gasteiger partial charge on any atom is -0.0991 e. The fourth-order valence-corrected chi connectivity index (χ4v) is 8.99. The first-order valence-corrected chi connectivity index (χ1v) is 17.3. The lowest BCUT2D eigenvalue weighted by Gasteiger charge is -2.24. The van der Waals surface area contributed by atoms with Gasteiger partial charge in [-0.3, -0.25) is 0 Å². The normalized spacial score (nSPS) is 15.6. The van der Waals surface area contributed by atoms with E-state index in [1.165, 1.54) is 105 Å². The Morgan fingerprint density at radius 2 is 1.22 bits per heavy atom. The van der Waals surface area contributed by atoms with E-state index in [0.717, 1.165) is 5.57 Å². The largest absolute Gasteiger partial charge is 0.0991 e. The van der Waals surface area contributed by atoms with Crippen LogP contribution >= 0.6 is 0 Å². The lowest BCUT2D eigenvalue weighted by atomic mass is 9.79. The Kier molecular flexibility index (Phi) is 6.39. The standard InChI is InChI=1S/C49H38/c1-7-9-14-33-29(3)35-17-12-18-41-37(24-25-43(33)47(35)41)32-21-22-34-30(4)45(49(5,6)46(34)28-32)27-31(8-2)36-23-26-44-39-16-11-10-15-38(39)42-20-13-19-40(36)48(42)44/h7-28H,1-2H2,3-6H3/b14-9-,31-27+. The van der Waals surface area contributed by atoms with E-state index >= 15 is 0 Å². The van der Waals surface area contributed by atoms with Crippen LogP contribution in [0.3, 0.4) is 0 Å². The summed E-state index contributed by atoms with van der Waals surface area (Å²) < 4.78 is 0. The summed E-state index contributed by atoms with van der Waals surface area (Å²) >= 11 is 0. The molecule has 0 atom stereocenters. The quantitative estimate of drug-likeness (QED) is 0.161. The third kappa shape index (κ3) is 4.04. The molecule has 0 heteroatoms. The van der Waals surface area contributed by atoms with Crippen molar-refractivity contribution >= 4 is 43.8 Å². The Morgan fingerprint density at radius 3 is 1.98 bits per heavy atom. The van der Waals surface area contributed by atoms with Crippen LogP contribution in [-0.2, 0) is 5.41 Å². The highest BCUT2D eigenvalue weighted by Gasteiger charge is 2.36. The molecule has 3 aliphatic carbocycles. The molecule has 6 aromatic rings. The minimum absolute atomic E-state index is 0.176. The van der Waals surface area contributed by atoms with Crippen molar-refractivity contribution in [1.82, 2.24) is 0 Å². The van der Waals surface area contributed by atoms with Crippen molar-refractivity contribution in [2.24, 2.45) is 0 Å². The lowest BCUT2D eigenvalue weighted by molar-refractivity contribution is 0.654. The molecule has 49 heavy (non-hydrogen) atoms. The molecule has 234 valence electrons. The van der Waals surface area contributed by atoms with E-state index in [9.17, 15) is 0 Å². The summed E-state index contributed by atoms with van der Waals surface area (Å²) in [5.41, 5.74) is 20.7. The summed E-state index contributed by atoms with van der Waals surface area (Å²) in [4.78, 5) is 0. The van der Waals surface area contributed by atoms with Crippen molar-refractivity contribution in [2.45, 2.75) is 33.1 Å². The molecule has 9 rings (SSSR count). The smallest absolute Gasteiger partial charge is 0.0155 e. The zero-order valence-electron chi connectivity index (χ0n) is 28.6. The number of rotatable bonds is 6. The molecule has 0 radical (unpaired) electrons. The first kappa shape index (κ1) is 29.4. The second-order valence-electron chi connectivity index (χ2n) is 14.2. The lowest BCUT2D eigenvalue weighted by Crippen LogP contribution is -2.16. The van der Waals surface area contributed by atoms with E-state index in [1.807, 2.05) is 18.2 Å². The molecule has 6 aromatic carbocycles. The van der Waals surface area contributed by atoms with Crippen molar-refractivity contribution in [1.29, 1.82) is 0 Å². The summed E-state index contributed by atoms with van der Waals surface area (Å²) in [6, 6.07) is 38.6. The Labute approximate surface area is 289 Å². The summed E-state index contributed by atoms with van der Waals surface area (Å²) in [7, 11) is 0. The molecule has 0 N–H and O–H groups in total. The molecule has 0 saturated carbocycles. The second-order valence-corrected chi connectivity index (χ2v) is 14.2. The maximum Gasteiger partial charge on any atom is 0.0155 e. The number of fused-ring (bicyclic) bond motifs is 4. The molecule has 0 bridgehead atoms. The molecular weight excluding hydrogens is 589 g/mol. The van der Waals surface area contributed by atoms with Gasteiger partial charge in [-0.1, -0.05) is 148 Å². The number of hydrogen-bond donors (Lipinski definition) is 0. The topological polar surface area (TPSA) is 0 Å². The van der Waals surface area contributed by atoms with Crippen LogP contribution in [-0.4, -0.2) is 0 Å². The molecule has 0 unspecified atom stereocenters. The molecule has 0 aromatic heterocycles. The molecule has 3 aliphatic rings. The van der Waals surface area contributed by atoms with Gasteiger partial charge in [0, 0.05) is 5.41 Å². The highest BCUT2D eigenvalue weighted by molar-refractivity contribution is 6.19. The van der Waals surface area contributed by atoms with Crippen molar-refractivity contribution in [2.75, 3.05) is 0 Å². The van der Waals surface area contributed by atoms with Gasteiger partial charge in [0.1, 0.15) is 0 Å². The van der Waals surface area contributed by atoms with Crippen LogP contribution < -0.4 is 0 Å². The van der Waals surface area contributed by atoms with Crippen LogP contribution in [0.25, 0.3) is 77.2 Å². The predicted octanol–water partition coefficient (Wildman–Crippen LogP) is 13.6. The molecule has 0 aliphatic heterocycles. The van der Waals surface area contributed by atoms with Crippen LogP contribution in [0.2, 0.25) is 0 Å². The van der Waals surface area contributed by atoms with Gasteiger partial charge in [0.2, 0.25) is 0 Å². The Bertz CT molecular complexity index is 2580. The van der Waals surface area contributed by atoms with Gasteiger partial charge in [0.05, 0.1) is 0 Å². The van der Waals surface area contributed by atoms with E-state index < -0.39 is 0 Å². The van der Waals surface area contributed by atoms with Crippen molar-refractivity contribution < 1.29 is 0 Å². The number of allylic oxidation sites excluding steroid dienone is 10. The second kappa shape index (κ2) is 10.6. The molecular formula is C49H38. The van der Waals surface area contributed by atoms with Gasteiger partial charge < -0.3 is 0 Å². The Hall–Kier alpha value is -5.72. The number of benzene rings is 6. The summed E-state index contributed by atoms with van der Waals surface area (Å²) in [5, 5.41) is 5.28. The summed E-state index contributed by atoms with van der Waals surface area (Å²) in [5.74, 6) is 0. The average Bonchev–Trinajstić information content (AvgIpc) is 3.67. The monoisotopic (exact) mass is 626 g/mol. The SMILES string of the molecule is C=C/C=C\C1=C(C)c2cccc3c(-c4ccc5c(c4)C(C)(C)C(/C=C(\C=C)c4ccc6c7c(cccc47)-c4ccccc4-6)=C5C)ccc1c23. The first-order valence-electron chi connectivity index (χ1n) is 17.3. The van der Waals surface area contributed by atoms with E-state index in [4.69, 9.17) is 0 Å². The van der Waals surface area contributed by atoms with Crippen LogP contribution in [0, 0.1) is 0 Å². The molecule has 0 saturated heterocycles. The number of hydrogen-bond acceptors (Lipinski definition) is 0. The summed E-state index contributed by atoms with van der Waals surface area (Å²) in [6.45, 7) is 17.5. The highest BCUT2D eigenvalue weighted by Crippen LogP contribution is 2.52. The van der Waals surface area contributed by atoms with Gasteiger partial charge in [-0.25, -0.2) is 0 Å². The minimum atomic E-state index is -0.176. The molecule has 0 amide bonds. The van der Waals surface area contributed by atoms with Gasteiger partial charge in [0.15, 0.2) is 0 Å². The van der Waals surface area contributed by atoms with E-state index in [-0.39, 0.29) is 5.41 Å². The van der Waals surface area contributed by atoms with Crippen molar-refractivity contribution in [3.05, 3.63) is 180 Å². The van der Waals surface area contributed by atoms with E-state index in [0.29, 0.717) is 0 Å². The predicted molar refractivity (Wildman–Crippen MR) is 213 cm³/mol. The third-order valence-corrected chi connectivity index (χ3v) is 11.4. The Morgan fingerprint density at radius 1 is 0.592 bits per heavy atom. The first-order chi connectivity index (χ1) is 23.8. The van der Waals surface area contributed by atoms with E-state index in [2.05, 4.69) is 156 Å². The highest BCUT2D eigenvalue weighted by atomic mass is 14.4. The van der Waals surface area contributed by atoms with Crippen LogP contribution in [0.1, 0.15) is 55.5 Å². The van der Waals surface area contributed by atoms with E-state index in [1.54, 1.807) is 0 Å². The maximum atomic E-state index is 4.33.